The topological polar surface area (TPSA) is 106 Å². The van der Waals surface area contributed by atoms with Crippen LogP contribution in [0.1, 0.15) is 61.1 Å². The summed E-state index contributed by atoms with van der Waals surface area (Å²) in [6.07, 6.45) is 3.69. The van der Waals surface area contributed by atoms with Crippen LogP contribution in [0.3, 0.4) is 0 Å². The van der Waals surface area contributed by atoms with Crippen LogP contribution in [-0.2, 0) is 52.2 Å². The fourth-order valence-electron chi connectivity index (χ4n) is 7.62. The molecule has 0 radical (unpaired) electrons. The number of halogens is 5. The Morgan fingerprint density at radius 3 is 1.75 bits per heavy atom. The number of hydrogen-bond donors (Lipinski definition) is 1. The van der Waals surface area contributed by atoms with Crippen LogP contribution in [0.5, 0.6) is 0 Å². The summed E-state index contributed by atoms with van der Waals surface area (Å²) in [6, 6.07) is 28.2. The molecule has 0 aromatic heterocycles. The zero-order valence-electron chi connectivity index (χ0n) is 33.0. The van der Waals surface area contributed by atoms with E-state index in [1.165, 1.54) is 39.0 Å². The van der Waals surface area contributed by atoms with Crippen molar-refractivity contribution in [2.24, 2.45) is 4.99 Å². The van der Waals surface area contributed by atoms with Crippen LogP contribution in [0.4, 0.5) is 27.6 Å². The lowest BCUT2D eigenvalue weighted by atomic mass is 9.90. The van der Waals surface area contributed by atoms with Crippen LogP contribution in [0.2, 0.25) is 0 Å². The number of hydrogen-bond acceptors (Lipinski definition) is 6. The lowest BCUT2D eigenvalue weighted by Crippen LogP contribution is -2.33. The highest BCUT2D eigenvalue weighted by Crippen LogP contribution is 2.43. The molecule has 7 rings (SSSR count). The van der Waals surface area contributed by atoms with Gasteiger partial charge in [-0.1, -0.05) is 94.4 Å². The molecular formula is C46H39F5N2O5S2. The van der Waals surface area contributed by atoms with Gasteiger partial charge in [0, 0.05) is 28.1 Å². The summed E-state index contributed by atoms with van der Waals surface area (Å²) in [5.41, 5.74) is 8.40. The Morgan fingerprint density at radius 1 is 0.583 bits per heavy atom. The molecule has 1 N–H and O–H groups in total. The second kappa shape index (κ2) is 16.7. The van der Waals surface area contributed by atoms with Crippen molar-refractivity contribution in [3.05, 3.63) is 165 Å². The van der Waals surface area contributed by atoms with Gasteiger partial charge >= 0.3 is 0 Å². The van der Waals surface area contributed by atoms with Gasteiger partial charge in [0.2, 0.25) is 5.82 Å². The quantitative estimate of drug-likeness (QED) is 0.0570. The van der Waals surface area contributed by atoms with E-state index >= 15 is 0 Å². The van der Waals surface area contributed by atoms with Gasteiger partial charge in [0.15, 0.2) is 28.2 Å². The Balaban J connectivity index is 1.46. The highest BCUT2D eigenvalue weighted by atomic mass is 32.3. The summed E-state index contributed by atoms with van der Waals surface area (Å²) in [6.45, 7) is 8.26. The maximum atomic E-state index is 14.7. The molecule has 0 unspecified atom stereocenters. The first-order valence-corrected chi connectivity index (χ1v) is 22.2. The molecule has 0 atom stereocenters. The largest absolute Gasteiger partial charge is 0.456 e. The second-order valence-corrected chi connectivity index (χ2v) is 17.7. The molecular weight excluding hydrogens is 820 g/mol. The standard InChI is InChI=1S/C46H39F5N2O5S2/c1-5-27-13-11-14-28(6-2)35(27)23-26-19-21-32-36(24-26)58-37-25-31(52-45-29(7-3)15-12-16-30(45)8-4)20-22-33(37)39(32)34-17-9-10-18-38(34)59(54,55)53-60(56,57)46-43(50)41(48)40(47)42(49)44(46)51/h9-22,24-25,53H,5-8,23H2,1-4H3. The first kappa shape index (κ1) is 42.4. The third-order valence-electron chi connectivity index (χ3n) is 10.6. The number of sulfonamides is 2. The van der Waals surface area contributed by atoms with E-state index in [-0.39, 0.29) is 5.56 Å². The fraction of sp³-hybridized carbons (Fsp3) is 0.196. The molecule has 7 nitrogen and oxygen atoms in total. The molecule has 1 heterocycles. The van der Waals surface area contributed by atoms with Crippen LogP contribution in [-0.4, -0.2) is 16.8 Å². The van der Waals surface area contributed by atoms with Gasteiger partial charge in [-0.3, -0.25) is 0 Å². The number of nitrogens with zero attached hydrogens (tertiary/aromatic N) is 1. The van der Waals surface area contributed by atoms with E-state index in [0.29, 0.717) is 39.6 Å². The van der Waals surface area contributed by atoms with Crippen LogP contribution in [0.25, 0.3) is 33.4 Å². The van der Waals surface area contributed by atoms with E-state index < -0.39 is 58.9 Å². The third kappa shape index (κ3) is 7.75. The second-order valence-electron chi connectivity index (χ2n) is 14.2. The minimum absolute atomic E-state index is 0.0463. The molecule has 310 valence electrons. The van der Waals surface area contributed by atoms with E-state index in [9.17, 15) is 38.8 Å². The molecule has 60 heavy (non-hydrogen) atoms. The van der Waals surface area contributed by atoms with Crippen molar-refractivity contribution in [2.75, 3.05) is 0 Å². The summed E-state index contributed by atoms with van der Waals surface area (Å²) in [4.78, 5) is 2.00. The van der Waals surface area contributed by atoms with Gasteiger partial charge < -0.3 is 4.42 Å². The maximum absolute atomic E-state index is 14.7. The van der Waals surface area contributed by atoms with Crippen molar-refractivity contribution < 1.29 is 43.2 Å². The first-order chi connectivity index (χ1) is 28.6. The molecule has 5 aromatic rings. The summed E-state index contributed by atoms with van der Waals surface area (Å²) in [7, 11) is -11.3. The predicted octanol–water partition coefficient (Wildman–Crippen LogP) is 10.6. The zero-order valence-corrected chi connectivity index (χ0v) is 34.6. The SMILES string of the molecule is CCc1cccc(CC)c1Cc1ccc2c(-c3ccccc3S(=O)(=O)NS(=O)(=O)c3c(F)c(F)c(F)c(F)c3F)c3ccc(=Nc4c(CC)cccc4CC)cc-3oc2c1. The number of nitrogens with one attached hydrogen (secondary N) is 1. The van der Waals surface area contributed by atoms with Crippen LogP contribution >= 0.6 is 0 Å². The van der Waals surface area contributed by atoms with E-state index in [4.69, 9.17) is 9.41 Å². The van der Waals surface area contributed by atoms with Crippen molar-refractivity contribution in [3.8, 4) is 22.5 Å². The van der Waals surface area contributed by atoms with Gasteiger partial charge in [-0.2, -0.15) is 0 Å². The lowest BCUT2D eigenvalue weighted by molar-refractivity contribution is 0.357. The van der Waals surface area contributed by atoms with E-state index in [1.54, 1.807) is 24.3 Å². The summed E-state index contributed by atoms with van der Waals surface area (Å²) < 4.78 is 134. The lowest BCUT2D eigenvalue weighted by Gasteiger charge is -2.19. The summed E-state index contributed by atoms with van der Waals surface area (Å²) in [5.74, 6) is -12.9. The smallest absolute Gasteiger partial charge is 0.259 e. The Labute approximate surface area is 344 Å². The van der Waals surface area contributed by atoms with Crippen molar-refractivity contribution in [1.29, 1.82) is 0 Å². The van der Waals surface area contributed by atoms with Gasteiger partial charge in [0.05, 0.1) is 15.9 Å². The summed E-state index contributed by atoms with van der Waals surface area (Å²) >= 11 is 0. The van der Waals surface area contributed by atoms with E-state index in [1.807, 2.05) is 50.2 Å². The molecule has 0 bridgehead atoms. The van der Waals surface area contributed by atoms with Crippen molar-refractivity contribution in [1.82, 2.24) is 4.13 Å². The molecule has 5 aromatic carbocycles. The van der Waals surface area contributed by atoms with Crippen LogP contribution < -0.4 is 9.48 Å². The molecule has 1 aliphatic heterocycles. The molecule has 0 fully saturated rings. The number of aryl methyl sites for hydroxylation is 4. The molecule has 0 spiro atoms. The van der Waals surface area contributed by atoms with Crippen LogP contribution in [0.15, 0.2) is 116 Å². The zero-order chi connectivity index (χ0) is 43.1. The number of benzene rings is 6. The molecule has 0 saturated heterocycles. The molecule has 1 aliphatic carbocycles. The average molecular weight is 859 g/mol. The number of rotatable bonds is 12. The molecule has 0 saturated carbocycles. The Morgan fingerprint density at radius 2 is 1.15 bits per heavy atom. The third-order valence-corrected chi connectivity index (χ3v) is 14.2. The highest BCUT2D eigenvalue weighted by molar-refractivity contribution is 8.04. The normalized spacial score (nSPS) is 12.5. The van der Waals surface area contributed by atoms with Gasteiger partial charge in [-0.15, -0.1) is 4.13 Å². The minimum atomic E-state index is -5.93. The van der Waals surface area contributed by atoms with Crippen molar-refractivity contribution in [3.63, 3.8) is 0 Å². The predicted molar refractivity (Wildman–Crippen MR) is 220 cm³/mol. The highest BCUT2D eigenvalue weighted by Gasteiger charge is 2.37. The minimum Gasteiger partial charge on any atom is -0.456 e. The van der Waals surface area contributed by atoms with E-state index in [0.717, 1.165) is 54.1 Å². The molecule has 2 aliphatic rings. The van der Waals surface area contributed by atoms with Gasteiger partial charge in [0.1, 0.15) is 11.3 Å². The number of fused-ring (bicyclic) bond motifs is 2. The molecule has 14 heteroatoms. The molecule has 0 amide bonds. The van der Waals surface area contributed by atoms with E-state index in [2.05, 4.69) is 26.0 Å². The van der Waals surface area contributed by atoms with Gasteiger partial charge in [-0.25, -0.2) is 43.8 Å². The fourth-order valence-corrected chi connectivity index (χ4v) is 10.8. The van der Waals surface area contributed by atoms with Gasteiger partial charge in [0.25, 0.3) is 20.0 Å². The summed E-state index contributed by atoms with van der Waals surface area (Å²) in [5, 5.41) is 0.981. The van der Waals surface area contributed by atoms with Crippen LogP contribution in [0, 0.1) is 29.1 Å². The van der Waals surface area contributed by atoms with Gasteiger partial charge in [-0.05, 0) is 89.8 Å². The average Bonchev–Trinajstić information content (AvgIpc) is 3.23. The maximum Gasteiger partial charge on any atom is 0.259 e. The number of para-hydroxylation sites is 1. The monoisotopic (exact) mass is 858 g/mol. The Bertz CT molecular complexity index is 3020. The van der Waals surface area contributed by atoms with Crippen molar-refractivity contribution >= 4 is 36.7 Å². The Hall–Kier alpha value is -5.70. The Kier molecular flexibility index (Phi) is 11.8. The first-order valence-electron chi connectivity index (χ1n) is 19.3. The van der Waals surface area contributed by atoms with Crippen molar-refractivity contribution in [2.45, 2.75) is 69.6 Å².